The lowest BCUT2D eigenvalue weighted by molar-refractivity contribution is -0.385. The van der Waals surface area contributed by atoms with Crippen LogP contribution in [0, 0.1) is 10.1 Å². The normalized spacial score (nSPS) is 10.0. The Bertz CT molecular complexity index is 619. The van der Waals surface area contributed by atoms with Gasteiger partial charge in [-0.05, 0) is 28.1 Å². The molecule has 0 radical (unpaired) electrons. The van der Waals surface area contributed by atoms with E-state index in [-0.39, 0.29) is 11.4 Å². The second-order valence-electron chi connectivity index (χ2n) is 3.57. The van der Waals surface area contributed by atoms with Gasteiger partial charge in [0.1, 0.15) is 11.6 Å². The van der Waals surface area contributed by atoms with Crippen molar-refractivity contribution < 1.29 is 9.66 Å². The molecule has 0 bridgehead atoms. The molecule has 1 heterocycles. The minimum atomic E-state index is -0.486. The van der Waals surface area contributed by atoms with E-state index in [0.29, 0.717) is 16.0 Å². The molecule has 0 aliphatic heterocycles. The molecular weight excluding hydrogens is 314 g/mol. The maximum Gasteiger partial charge on any atom is 0.312 e. The molecule has 2 aromatic rings. The van der Waals surface area contributed by atoms with Crippen molar-refractivity contribution in [3.8, 4) is 11.5 Å². The molecule has 0 fully saturated rings. The fraction of sp³-hybridized carbons (Fsp3) is 0.0833. The molecule has 7 heteroatoms. The van der Waals surface area contributed by atoms with Gasteiger partial charge >= 0.3 is 5.69 Å². The van der Waals surface area contributed by atoms with E-state index in [4.69, 9.17) is 4.74 Å². The summed E-state index contributed by atoms with van der Waals surface area (Å²) in [7, 11) is 1.73. The number of anilines is 1. The molecule has 0 atom stereocenters. The van der Waals surface area contributed by atoms with Gasteiger partial charge in [-0.15, -0.1) is 0 Å². The average Bonchev–Trinajstić information content (AvgIpc) is 2.41. The van der Waals surface area contributed by atoms with E-state index in [9.17, 15) is 10.1 Å². The Kier molecular flexibility index (Phi) is 3.96. The molecule has 0 saturated heterocycles. The molecule has 0 amide bonds. The van der Waals surface area contributed by atoms with Crippen LogP contribution in [0.4, 0.5) is 11.5 Å². The van der Waals surface area contributed by atoms with E-state index in [1.807, 2.05) is 0 Å². The van der Waals surface area contributed by atoms with Crippen LogP contribution in [0.15, 0.2) is 41.0 Å². The van der Waals surface area contributed by atoms with Crippen molar-refractivity contribution in [1.29, 1.82) is 0 Å². The number of nitrogens with zero attached hydrogens (tertiary/aromatic N) is 2. The molecule has 6 nitrogen and oxygen atoms in total. The summed E-state index contributed by atoms with van der Waals surface area (Å²) in [4.78, 5) is 14.5. The smallest absolute Gasteiger partial charge is 0.312 e. The lowest BCUT2D eigenvalue weighted by atomic mass is 10.3. The minimum Gasteiger partial charge on any atom is -0.449 e. The fourth-order valence-electron chi connectivity index (χ4n) is 1.47. The Morgan fingerprint density at radius 3 is 2.89 bits per heavy atom. The maximum atomic E-state index is 11.0. The number of hydrogen-bond acceptors (Lipinski definition) is 5. The summed E-state index contributed by atoms with van der Waals surface area (Å²) >= 11 is 3.25. The number of hydrogen-bond donors (Lipinski definition) is 1. The van der Waals surface area contributed by atoms with Gasteiger partial charge in [-0.3, -0.25) is 10.1 Å². The molecule has 98 valence electrons. The number of nitro benzene ring substituents is 1. The van der Waals surface area contributed by atoms with Gasteiger partial charge in [0, 0.05) is 25.4 Å². The highest BCUT2D eigenvalue weighted by Crippen LogP contribution is 2.38. The maximum absolute atomic E-state index is 11.0. The van der Waals surface area contributed by atoms with Gasteiger partial charge < -0.3 is 10.1 Å². The van der Waals surface area contributed by atoms with Crippen LogP contribution >= 0.6 is 15.9 Å². The van der Waals surface area contributed by atoms with E-state index in [1.165, 1.54) is 6.07 Å². The first-order valence-corrected chi connectivity index (χ1v) is 6.15. The predicted molar refractivity (Wildman–Crippen MR) is 74.7 cm³/mol. The summed E-state index contributed by atoms with van der Waals surface area (Å²) in [5, 5.41) is 13.8. The van der Waals surface area contributed by atoms with Crippen LogP contribution in [0.5, 0.6) is 11.5 Å². The van der Waals surface area contributed by atoms with E-state index in [1.54, 1.807) is 37.5 Å². The van der Waals surface area contributed by atoms with Gasteiger partial charge in [0.15, 0.2) is 0 Å². The zero-order chi connectivity index (χ0) is 13.8. The second-order valence-corrected chi connectivity index (χ2v) is 4.43. The highest BCUT2D eigenvalue weighted by atomic mass is 79.9. The van der Waals surface area contributed by atoms with Crippen molar-refractivity contribution in [2.75, 3.05) is 12.4 Å². The SMILES string of the molecule is CNc1cc(Oc2c(Br)cccc2[N+](=O)[O-])ccn1. The summed E-state index contributed by atoms with van der Waals surface area (Å²) in [6.07, 6.45) is 1.56. The Morgan fingerprint density at radius 2 is 2.21 bits per heavy atom. The third kappa shape index (κ3) is 3.00. The molecule has 1 aromatic heterocycles. The van der Waals surface area contributed by atoms with Crippen molar-refractivity contribution in [2.45, 2.75) is 0 Å². The molecule has 0 saturated carbocycles. The molecule has 0 aliphatic carbocycles. The topological polar surface area (TPSA) is 77.3 Å². The lowest BCUT2D eigenvalue weighted by Crippen LogP contribution is -1.96. The molecule has 19 heavy (non-hydrogen) atoms. The Labute approximate surface area is 117 Å². The first-order valence-electron chi connectivity index (χ1n) is 5.36. The minimum absolute atomic E-state index is 0.0998. The molecule has 0 aliphatic rings. The van der Waals surface area contributed by atoms with E-state index in [0.717, 1.165) is 0 Å². The van der Waals surface area contributed by atoms with Crippen LogP contribution in [0.3, 0.4) is 0 Å². The quantitative estimate of drug-likeness (QED) is 0.687. The number of nitro groups is 1. The highest BCUT2D eigenvalue weighted by Gasteiger charge is 2.18. The summed E-state index contributed by atoms with van der Waals surface area (Å²) < 4.78 is 6.09. The zero-order valence-corrected chi connectivity index (χ0v) is 11.5. The summed E-state index contributed by atoms with van der Waals surface area (Å²) in [5.74, 6) is 1.25. The number of ether oxygens (including phenoxy) is 1. The first kappa shape index (κ1) is 13.3. The molecule has 0 unspecified atom stereocenters. The third-order valence-electron chi connectivity index (χ3n) is 2.35. The number of rotatable bonds is 4. The van der Waals surface area contributed by atoms with Crippen molar-refractivity contribution in [2.24, 2.45) is 0 Å². The first-order chi connectivity index (χ1) is 9.11. The van der Waals surface area contributed by atoms with Crippen LogP contribution in [-0.4, -0.2) is 17.0 Å². The van der Waals surface area contributed by atoms with Gasteiger partial charge in [-0.2, -0.15) is 0 Å². The van der Waals surface area contributed by atoms with Crippen LogP contribution in [0.25, 0.3) is 0 Å². The lowest BCUT2D eigenvalue weighted by Gasteiger charge is -2.08. The van der Waals surface area contributed by atoms with Gasteiger partial charge in [0.2, 0.25) is 5.75 Å². The summed E-state index contributed by atoms with van der Waals surface area (Å²) in [6, 6.07) is 7.94. The average molecular weight is 324 g/mol. The Morgan fingerprint density at radius 1 is 1.42 bits per heavy atom. The zero-order valence-electron chi connectivity index (χ0n) is 9.96. The van der Waals surface area contributed by atoms with Gasteiger partial charge in [0.25, 0.3) is 0 Å². The summed E-state index contributed by atoms with van der Waals surface area (Å²) in [6.45, 7) is 0. The van der Waals surface area contributed by atoms with Gasteiger partial charge in [0.05, 0.1) is 9.40 Å². The number of halogens is 1. The van der Waals surface area contributed by atoms with Crippen LogP contribution < -0.4 is 10.1 Å². The van der Waals surface area contributed by atoms with Gasteiger partial charge in [-0.1, -0.05) is 6.07 Å². The molecule has 2 rings (SSSR count). The van der Waals surface area contributed by atoms with E-state index >= 15 is 0 Å². The number of aromatic nitrogens is 1. The van der Waals surface area contributed by atoms with Crippen LogP contribution in [0.2, 0.25) is 0 Å². The van der Waals surface area contributed by atoms with Crippen LogP contribution in [-0.2, 0) is 0 Å². The monoisotopic (exact) mass is 323 g/mol. The van der Waals surface area contributed by atoms with Crippen molar-refractivity contribution in [3.63, 3.8) is 0 Å². The largest absolute Gasteiger partial charge is 0.449 e. The molecule has 1 N–H and O–H groups in total. The predicted octanol–water partition coefficient (Wildman–Crippen LogP) is 3.59. The summed E-state index contributed by atoms with van der Waals surface area (Å²) in [5.41, 5.74) is -0.0998. The molecule has 0 spiro atoms. The number of pyridine rings is 1. The van der Waals surface area contributed by atoms with E-state index < -0.39 is 4.92 Å². The molecular formula is C12H10BrN3O3. The third-order valence-corrected chi connectivity index (χ3v) is 2.97. The Balaban J connectivity index is 2.40. The van der Waals surface area contributed by atoms with E-state index in [2.05, 4.69) is 26.2 Å². The van der Waals surface area contributed by atoms with Crippen molar-refractivity contribution in [1.82, 2.24) is 4.98 Å². The number of nitrogens with one attached hydrogen (secondary N) is 1. The van der Waals surface area contributed by atoms with Crippen molar-refractivity contribution in [3.05, 3.63) is 51.1 Å². The second kappa shape index (κ2) is 5.66. The van der Waals surface area contributed by atoms with Crippen LogP contribution in [0.1, 0.15) is 0 Å². The van der Waals surface area contributed by atoms with Crippen molar-refractivity contribution >= 4 is 27.4 Å². The Hall–Kier alpha value is -2.15. The number of para-hydroxylation sites is 1. The fourth-order valence-corrected chi connectivity index (χ4v) is 1.91. The molecule has 1 aromatic carbocycles. The number of benzene rings is 1. The standard InChI is InChI=1S/C12H10BrN3O3/c1-14-11-7-8(5-6-15-11)19-12-9(13)3-2-4-10(12)16(17)18/h2-7H,1H3,(H,14,15). The van der Waals surface area contributed by atoms with Gasteiger partial charge in [-0.25, -0.2) is 4.98 Å². The highest BCUT2D eigenvalue weighted by molar-refractivity contribution is 9.10.